The Bertz CT molecular complexity index is 1570. The summed E-state index contributed by atoms with van der Waals surface area (Å²) in [5, 5.41) is 3.16. The highest BCUT2D eigenvalue weighted by Gasteiger charge is 2.36. The lowest BCUT2D eigenvalue weighted by Gasteiger charge is -2.13. The molecule has 3 amide bonds. The van der Waals surface area contributed by atoms with Gasteiger partial charge in [0.05, 0.1) is 11.1 Å². The summed E-state index contributed by atoms with van der Waals surface area (Å²) in [5.74, 6) is -2.49. The maximum Gasteiger partial charge on any atom is 0.349 e. The van der Waals surface area contributed by atoms with Gasteiger partial charge >= 0.3 is 11.6 Å². The zero-order valence-electron chi connectivity index (χ0n) is 19.4. The second-order valence-corrected chi connectivity index (χ2v) is 8.35. The Morgan fingerprint density at radius 1 is 0.838 bits per heavy atom. The van der Waals surface area contributed by atoms with E-state index in [1.807, 2.05) is 30.3 Å². The molecule has 184 valence electrons. The first-order valence-corrected chi connectivity index (χ1v) is 11.5. The van der Waals surface area contributed by atoms with E-state index >= 15 is 0 Å². The lowest BCUT2D eigenvalue weighted by molar-refractivity contribution is -0.134. The van der Waals surface area contributed by atoms with E-state index in [9.17, 15) is 24.0 Å². The monoisotopic (exact) mass is 496 g/mol. The molecule has 9 heteroatoms. The summed E-state index contributed by atoms with van der Waals surface area (Å²) in [6.07, 6.45) is 0.612. The molecule has 0 radical (unpaired) electrons. The van der Waals surface area contributed by atoms with Crippen molar-refractivity contribution in [2.75, 3.05) is 13.1 Å². The minimum absolute atomic E-state index is 0.0531. The first-order valence-electron chi connectivity index (χ1n) is 11.5. The zero-order valence-corrected chi connectivity index (χ0v) is 19.4. The van der Waals surface area contributed by atoms with Crippen molar-refractivity contribution in [3.05, 3.63) is 112 Å². The van der Waals surface area contributed by atoms with E-state index in [0.717, 1.165) is 10.5 Å². The first-order chi connectivity index (χ1) is 17.9. The molecule has 0 unspecified atom stereocenters. The molecule has 0 saturated carbocycles. The van der Waals surface area contributed by atoms with Crippen LogP contribution < -0.4 is 15.7 Å². The van der Waals surface area contributed by atoms with Crippen molar-refractivity contribution in [3.63, 3.8) is 0 Å². The molecule has 37 heavy (non-hydrogen) atoms. The van der Waals surface area contributed by atoms with Gasteiger partial charge in [0, 0.05) is 18.0 Å². The first kappa shape index (κ1) is 23.7. The van der Waals surface area contributed by atoms with Crippen LogP contribution in [-0.4, -0.2) is 41.7 Å². The van der Waals surface area contributed by atoms with Gasteiger partial charge in [-0.15, -0.1) is 0 Å². The summed E-state index contributed by atoms with van der Waals surface area (Å²) in [6.45, 7) is -0.223. The summed E-state index contributed by atoms with van der Waals surface area (Å²) in [5.41, 5.74) is 0.644. The van der Waals surface area contributed by atoms with E-state index < -0.39 is 35.9 Å². The second-order valence-electron chi connectivity index (χ2n) is 8.35. The van der Waals surface area contributed by atoms with Crippen LogP contribution in [0.25, 0.3) is 11.0 Å². The molecule has 1 N–H and O–H groups in total. The number of ether oxygens (including phenoxy) is 1. The number of amides is 3. The molecule has 3 aromatic carbocycles. The number of hydrogen-bond acceptors (Lipinski definition) is 7. The number of carbonyl (C=O) groups is 4. The molecule has 2 heterocycles. The highest BCUT2D eigenvalue weighted by Crippen LogP contribution is 2.24. The fraction of sp³-hybridized carbons (Fsp3) is 0.107. The predicted molar refractivity (Wildman–Crippen MR) is 132 cm³/mol. The number of hydrogen-bond donors (Lipinski definition) is 1. The van der Waals surface area contributed by atoms with Crippen LogP contribution in [0.1, 0.15) is 36.6 Å². The van der Waals surface area contributed by atoms with Gasteiger partial charge in [-0.25, -0.2) is 9.59 Å². The highest BCUT2D eigenvalue weighted by molar-refractivity contribution is 6.22. The molecule has 0 bridgehead atoms. The molecule has 0 spiro atoms. The van der Waals surface area contributed by atoms with Gasteiger partial charge in [0.15, 0.2) is 0 Å². The normalized spacial score (nSPS) is 12.5. The van der Waals surface area contributed by atoms with Gasteiger partial charge in [-0.1, -0.05) is 42.5 Å². The van der Waals surface area contributed by atoms with Crippen molar-refractivity contribution in [1.29, 1.82) is 0 Å². The van der Waals surface area contributed by atoms with Crippen LogP contribution in [0.3, 0.4) is 0 Å². The molecule has 4 aromatic rings. The van der Waals surface area contributed by atoms with Crippen molar-refractivity contribution in [2.45, 2.75) is 6.42 Å². The molecule has 1 aromatic heterocycles. The smallest absolute Gasteiger partial charge is 0.349 e. The minimum Gasteiger partial charge on any atom is -0.425 e. The fourth-order valence-corrected chi connectivity index (χ4v) is 4.05. The van der Waals surface area contributed by atoms with E-state index in [0.29, 0.717) is 18.4 Å². The standard InChI is InChI=1S/C28H20N2O7/c31-24(16-30-26(33)20-8-4-5-9-21(20)27(30)34)36-19-11-10-18-14-22(28(35)37-23(18)15-19)25(32)29-13-12-17-6-2-1-3-7-17/h1-11,14-15H,12-13,16H2,(H,29,32). The van der Waals surface area contributed by atoms with Crippen LogP contribution in [0.2, 0.25) is 0 Å². The largest absolute Gasteiger partial charge is 0.425 e. The SMILES string of the molecule is O=C(CN1C(=O)c2ccccc2C1=O)Oc1ccc2cc(C(=O)NCCc3ccccc3)c(=O)oc2c1. The number of benzene rings is 3. The summed E-state index contributed by atoms with van der Waals surface area (Å²) in [7, 11) is 0. The number of nitrogens with one attached hydrogen (secondary N) is 1. The molecule has 5 rings (SSSR count). The third-order valence-corrected chi connectivity index (χ3v) is 5.89. The van der Waals surface area contributed by atoms with Crippen LogP contribution in [0, 0.1) is 0 Å². The van der Waals surface area contributed by atoms with Crippen LogP contribution >= 0.6 is 0 Å². The molecule has 1 aliphatic heterocycles. The van der Waals surface area contributed by atoms with Crippen molar-refractivity contribution in [1.82, 2.24) is 10.2 Å². The van der Waals surface area contributed by atoms with Gasteiger partial charge in [-0.3, -0.25) is 19.3 Å². The van der Waals surface area contributed by atoms with Gasteiger partial charge in [0.2, 0.25) is 0 Å². The molecule has 0 aliphatic carbocycles. The summed E-state index contributed by atoms with van der Waals surface area (Å²) in [4.78, 5) is 63.1. The number of esters is 1. The second kappa shape index (κ2) is 9.90. The molecule has 0 fully saturated rings. The molecule has 1 aliphatic rings. The number of imide groups is 1. The Kier molecular flexibility index (Phi) is 6.34. The number of rotatable bonds is 7. The summed E-state index contributed by atoms with van der Waals surface area (Å²) >= 11 is 0. The maximum absolute atomic E-state index is 12.5. The minimum atomic E-state index is -0.842. The van der Waals surface area contributed by atoms with Crippen molar-refractivity contribution in [3.8, 4) is 5.75 Å². The topological polar surface area (TPSA) is 123 Å². The van der Waals surface area contributed by atoms with Crippen molar-refractivity contribution >= 4 is 34.7 Å². The lowest BCUT2D eigenvalue weighted by atomic mass is 10.1. The van der Waals surface area contributed by atoms with Crippen LogP contribution in [0.5, 0.6) is 5.75 Å². The number of nitrogens with zero attached hydrogens (tertiary/aromatic N) is 1. The summed E-state index contributed by atoms with van der Waals surface area (Å²) in [6, 6.07) is 21.6. The lowest BCUT2D eigenvalue weighted by Crippen LogP contribution is -2.36. The maximum atomic E-state index is 12.5. The van der Waals surface area contributed by atoms with Gasteiger partial charge in [0.25, 0.3) is 17.7 Å². The van der Waals surface area contributed by atoms with E-state index in [1.165, 1.54) is 36.4 Å². The third kappa shape index (κ3) is 4.87. The summed E-state index contributed by atoms with van der Waals surface area (Å²) < 4.78 is 10.6. The quantitative estimate of drug-likeness (QED) is 0.181. The predicted octanol–water partition coefficient (Wildman–Crippen LogP) is 2.97. The molecular weight excluding hydrogens is 476 g/mol. The average molecular weight is 496 g/mol. The van der Waals surface area contributed by atoms with Gasteiger partial charge < -0.3 is 14.5 Å². The Hall–Kier alpha value is -5.05. The van der Waals surface area contributed by atoms with Crippen LogP contribution in [-0.2, 0) is 11.2 Å². The van der Waals surface area contributed by atoms with E-state index in [1.54, 1.807) is 12.1 Å². The number of fused-ring (bicyclic) bond motifs is 2. The van der Waals surface area contributed by atoms with E-state index in [-0.39, 0.29) is 28.0 Å². The third-order valence-electron chi connectivity index (χ3n) is 5.89. The number of carbonyl (C=O) groups excluding carboxylic acids is 4. The molecular formula is C28H20N2O7. The van der Waals surface area contributed by atoms with Crippen LogP contribution in [0.15, 0.2) is 88.1 Å². The molecule has 9 nitrogen and oxygen atoms in total. The van der Waals surface area contributed by atoms with Crippen LogP contribution in [0.4, 0.5) is 0 Å². The zero-order chi connectivity index (χ0) is 25.9. The fourth-order valence-electron chi connectivity index (χ4n) is 4.05. The van der Waals surface area contributed by atoms with E-state index in [4.69, 9.17) is 9.15 Å². The molecule has 0 saturated heterocycles. The highest BCUT2D eigenvalue weighted by atomic mass is 16.5. The average Bonchev–Trinajstić information content (AvgIpc) is 3.13. The Morgan fingerprint density at radius 3 is 2.22 bits per heavy atom. The Morgan fingerprint density at radius 2 is 1.51 bits per heavy atom. The van der Waals surface area contributed by atoms with Crippen molar-refractivity contribution < 1.29 is 28.3 Å². The van der Waals surface area contributed by atoms with Crippen molar-refractivity contribution in [2.24, 2.45) is 0 Å². The van der Waals surface area contributed by atoms with Gasteiger partial charge in [-0.05, 0) is 42.3 Å². The Labute approximate surface area is 210 Å². The molecule has 0 atom stereocenters. The van der Waals surface area contributed by atoms with Gasteiger partial charge in [0.1, 0.15) is 23.4 Å². The Balaban J connectivity index is 1.24. The van der Waals surface area contributed by atoms with E-state index in [2.05, 4.69) is 5.32 Å². The van der Waals surface area contributed by atoms with Gasteiger partial charge in [-0.2, -0.15) is 0 Å².